The standard InChI is InChI=1S/C30H24/c1-20-23-12-6-8-16-27(23)30(28-17-9-7-13-24(20)28)19-29-25-14-4-2-10-21(25)18-22-11-3-5-15-26(22)29/h2-18,20,30H,19H2,1H3. The highest BCUT2D eigenvalue weighted by atomic mass is 14.3. The molecule has 144 valence electrons. The highest BCUT2D eigenvalue weighted by molar-refractivity contribution is 6.02. The van der Waals surface area contributed by atoms with Gasteiger partial charge in [-0.05, 0) is 61.8 Å². The number of hydrogen-bond donors (Lipinski definition) is 0. The lowest BCUT2D eigenvalue weighted by Gasteiger charge is -2.33. The zero-order valence-electron chi connectivity index (χ0n) is 17.2. The van der Waals surface area contributed by atoms with Crippen molar-refractivity contribution >= 4 is 21.5 Å². The maximum Gasteiger partial charge on any atom is 0.0136 e. The Morgan fingerprint density at radius 1 is 0.533 bits per heavy atom. The Labute approximate surface area is 177 Å². The Morgan fingerprint density at radius 3 is 1.50 bits per heavy atom. The summed E-state index contributed by atoms with van der Waals surface area (Å²) in [6.45, 7) is 2.35. The van der Waals surface area contributed by atoms with Crippen LogP contribution in [-0.4, -0.2) is 0 Å². The monoisotopic (exact) mass is 384 g/mol. The average Bonchev–Trinajstić information content (AvgIpc) is 2.81. The number of fused-ring (bicyclic) bond motifs is 4. The largest absolute Gasteiger partial charge is 0.0620 e. The van der Waals surface area contributed by atoms with Crippen molar-refractivity contribution in [2.75, 3.05) is 0 Å². The summed E-state index contributed by atoms with van der Waals surface area (Å²) in [6.07, 6.45) is 1.02. The molecule has 0 amide bonds. The van der Waals surface area contributed by atoms with Gasteiger partial charge in [-0.1, -0.05) is 104 Å². The van der Waals surface area contributed by atoms with E-state index >= 15 is 0 Å². The van der Waals surface area contributed by atoms with E-state index in [0.29, 0.717) is 11.8 Å². The topological polar surface area (TPSA) is 0 Å². The van der Waals surface area contributed by atoms with Crippen molar-refractivity contribution in [3.05, 3.63) is 131 Å². The molecule has 0 fully saturated rings. The van der Waals surface area contributed by atoms with Crippen LogP contribution in [0.25, 0.3) is 21.5 Å². The Balaban J connectivity index is 1.62. The van der Waals surface area contributed by atoms with E-state index in [-0.39, 0.29) is 0 Å². The lowest BCUT2D eigenvalue weighted by Crippen LogP contribution is -2.18. The minimum atomic E-state index is 0.378. The molecule has 0 aromatic heterocycles. The smallest absolute Gasteiger partial charge is 0.0136 e. The predicted molar refractivity (Wildman–Crippen MR) is 127 cm³/mol. The molecule has 0 aliphatic heterocycles. The molecule has 0 saturated carbocycles. The normalized spacial score (nSPS) is 17.6. The average molecular weight is 385 g/mol. The molecule has 1 aliphatic rings. The van der Waals surface area contributed by atoms with Gasteiger partial charge in [-0.25, -0.2) is 0 Å². The van der Waals surface area contributed by atoms with Crippen molar-refractivity contribution in [3.8, 4) is 0 Å². The van der Waals surface area contributed by atoms with Crippen molar-refractivity contribution in [3.63, 3.8) is 0 Å². The van der Waals surface area contributed by atoms with Gasteiger partial charge in [0.15, 0.2) is 0 Å². The molecule has 0 heterocycles. The molecule has 0 spiro atoms. The second kappa shape index (κ2) is 6.85. The lowest BCUT2D eigenvalue weighted by atomic mass is 9.71. The van der Waals surface area contributed by atoms with E-state index in [4.69, 9.17) is 0 Å². The zero-order valence-corrected chi connectivity index (χ0v) is 17.2. The molecule has 5 aromatic carbocycles. The molecule has 0 heteroatoms. The van der Waals surface area contributed by atoms with E-state index < -0.39 is 0 Å². The van der Waals surface area contributed by atoms with Crippen molar-refractivity contribution in [2.24, 2.45) is 0 Å². The van der Waals surface area contributed by atoms with Gasteiger partial charge in [-0.2, -0.15) is 0 Å². The third kappa shape index (κ3) is 2.60. The summed E-state index contributed by atoms with van der Waals surface area (Å²) in [4.78, 5) is 0. The highest BCUT2D eigenvalue weighted by Gasteiger charge is 2.30. The third-order valence-corrected chi connectivity index (χ3v) is 6.97. The van der Waals surface area contributed by atoms with Crippen LogP contribution in [0.5, 0.6) is 0 Å². The van der Waals surface area contributed by atoms with Gasteiger partial charge < -0.3 is 0 Å². The summed E-state index contributed by atoms with van der Waals surface area (Å²) < 4.78 is 0. The lowest BCUT2D eigenvalue weighted by molar-refractivity contribution is 0.723. The minimum absolute atomic E-state index is 0.378. The second-order valence-corrected chi connectivity index (χ2v) is 8.53. The van der Waals surface area contributed by atoms with E-state index in [0.717, 1.165) is 6.42 Å². The first kappa shape index (κ1) is 17.5. The highest BCUT2D eigenvalue weighted by Crippen LogP contribution is 2.45. The predicted octanol–water partition coefficient (Wildman–Crippen LogP) is 7.83. The molecule has 0 nitrogen and oxygen atoms in total. The van der Waals surface area contributed by atoms with Gasteiger partial charge in [0.05, 0.1) is 0 Å². The van der Waals surface area contributed by atoms with Gasteiger partial charge >= 0.3 is 0 Å². The third-order valence-electron chi connectivity index (χ3n) is 6.97. The molecule has 0 atom stereocenters. The van der Waals surface area contributed by atoms with Crippen LogP contribution >= 0.6 is 0 Å². The Kier molecular flexibility index (Phi) is 3.99. The number of hydrogen-bond acceptors (Lipinski definition) is 0. The van der Waals surface area contributed by atoms with Crippen molar-refractivity contribution in [1.82, 2.24) is 0 Å². The molecular formula is C30H24. The van der Waals surface area contributed by atoms with Crippen LogP contribution in [-0.2, 0) is 6.42 Å². The maximum atomic E-state index is 2.35. The molecule has 0 N–H and O–H groups in total. The molecule has 0 bridgehead atoms. The summed E-state index contributed by atoms with van der Waals surface area (Å²) in [5, 5.41) is 5.42. The van der Waals surface area contributed by atoms with Crippen LogP contribution in [0.3, 0.4) is 0 Å². The molecule has 5 aromatic rings. The fourth-order valence-electron chi connectivity index (χ4n) is 5.53. The molecule has 6 rings (SSSR count). The van der Waals surface area contributed by atoms with Crippen molar-refractivity contribution in [2.45, 2.75) is 25.2 Å². The summed E-state index contributed by atoms with van der Waals surface area (Å²) >= 11 is 0. The second-order valence-electron chi connectivity index (χ2n) is 8.53. The fourth-order valence-corrected chi connectivity index (χ4v) is 5.53. The summed E-state index contributed by atoms with van der Waals surface area (Å²) in [7, 11) is 0. The van der Waals surface area contributed by atoms with Crippen LogP contribution in [0.2, 0.25) is 0 Å². The molecular weight excluding hydrogens is 360 g/mol. The van der Waals surface area contributed by atoms with E-state index in [1.165, 1.54) is 49.4 Å². The van der Waals surface area contributed by atoms with Crippen LogP contribution < -0.4 is 0 Å². The minimum Gasteiger partial charge on any atom is -0.0620 e. The summed E-state index contributed by atoms with van der Waals surface area (Å²) in [6, 6.07) is 38.2. The molecule has 0 saturated heterocycles. The van der Waals surface area contributed by atoms with Gasteiger partial charge in [0.2, 0.25) is 0 Å². The zero-order chi connectivity index (χ0) is 20.1. The van der Waals surface area contributed by atoms with Crippen molar-refractivity contribution < 1.29 is 0 Å². The first-order valence-electron chi connectivity index (χ1n) is 10.9. The first-order valence-corrected chi connectivity index (χ1v) is 10.9. The van der Waals surface area contributed by atoms with Crippen LogP contribution in [0.15, 0.2) is 103 Å². The van der Waals surface area contributed by atoms with Crippen LogP contribution in [0, 0.1) is 0 Å². The quantitative estimate of drug-likeness (QED) is 0.272. The van der Waals surface area contributed by atoms with Crippen molar-refractivity contribution in [1.29, 1.82) is 0 Å². The Bertz CT molecular complexity index is 1290. The van der Waals surface area contributed by atoms with Gasteiger partial charge in [0, 0.05) is 11.8 Å². The molecule has 0 radical (unpaired) electrons. The SMILES string of the molecule is CC1c2ccccc2C(Cc2c3ccccc3cc3ccccc23)c2ccccc21. The number of rotatable bonds is 2. The Morgan fingerprint density at radius 2 is 0.967 bits per heavy atom. The summed E-state index contributed by atoms with van der Waals surface area (Å²) in [5.74, 6) is 0.820. The van der Waals surface area contributed by atoms with E-state index in [1.54, 1.807) is 0 Å². The molecule has 0 unspecified atom stereocenters. The summed E-state index contributed by atoms with van der Waals surface area (Å²) in [5.41, 5.74) is 7.39. The van der Waals surface area contributed by atoms with E-state index in [1.807, 2.05) is 0 Å². The molecule has 1 aliphatic carbocycles. The first-order chi connectivity index (χ1) is 14.8. The molecule has 30 heavy (non-hydrogen) atoms. The van der Waals surface area contributed by atoms with Crippen LogP contribution in [0.4, 0.5) is 0 Å². The van der Waals surface area contributed by atoms with Gasteiger partial charge in [0.25, 0.3) is 0 Å². The Hall–Kier alpha value is -3.38. The van der Waals surface area contributed by atoms with E-state index in [9.17, 15) is 0 Å². The van der Waals surface area contributed by atoms with Gasteiger partial charge in [-0.3, -0.25) is 0 Å². The maximum absolute atomic E-state index is 2.35. The van der Waals surface area contributed by atoms with Gasteiger partial charge in [0.1, 0.15) is 0 Å². The number of benzene rings is 5. The van der Waals surface area contributed by atoms with Crippen LogP contribution in [0.1, 0.15) is 46.6 Å². The fraction of sp³-hybridized carbons (Fsp3) is 0.133. The van der Waals surface area contributed by atoms with E-state index in [2.05, 4.69) is 110 Å². The van der Waals surface area contributed by atoms with Gasteiger partial charge in [-0.15, -0.1) is 0 Å².